The van der Waals surface area contributed by atoms with E-state index in [4.69, 9.17) is 31.0 Å². The number of aromatic nitrogens is 2. The molecule has 0 radical (unpaired) electrons. The van der Waals surface area contributed by atoms with Gasteiger partial charge in [0.2, 0.25) is 0 Å². The Morgan fingerprint density at radius 2 is 1.17 bits per heavy atom. The highest BCUT2D eigenvalue weighted by Gasteiger charge is 2.22. The summed E-state index contributed by atoms with van der Waals surface area (Å²) in [5, 5.41) is 2.22. The molecule has 0 aliphatic rings. The Morgan fingerprint density at radius 1 is 0.610 bits per heavy atom. The predicted molar refractivity (Wildman–Crippen MR) is 172 cm³/mol. The fourth-order valence-corrected chi connectivity index (χ4v) is 5.47. The molecule has 0 aliphatic carbocycles. The number of rotatable bonds is 14. The van der Waals surface area contributed by atoms with Gasteiger partial charge in [0.15, 0.2) is 11.5 Å². The summed E-state index contributed by atoms with van der Waals surface area (Å²) in [7, 11) is 0. The highest BCUT2D eigenvalue weighted by atomic mass is 35.5. The van der Waals surface area contributed by atoms with Crippen LogP contribution >= 0.6 is 11.6 Å². The second kappa shape index (κ2) is 14.3. The van der Waals surface area contributed by atoms with Crippen molar-refractivity contribution >= 4 is 33.4 Å². The van der Waals surface area contributed by atoms with E-state index in [1.807, 2.05) is 42.6 Å². The number of fused-ring (bicyclic) bond motifs is 3. The number of halogens is 1. The smallest absolute Gasteiger partial charge is 0.171 e. The highest BCUT2D eigenvalue weighted by Crippen LogP contribution is 2.46. The molecule has 4 nitrogen and oxygen atoms in total. The summed E-state index contributed by atoms with van der Waals surface area (Å²) < 4.78 is 13.2. The minimum absolute atomic E-state index is 0.445. The van der Waals surface area contributed by atoms with E-state index in [0.29, 0.717) is 18.4 Å². The lowest BCUT2D eigenvalue weighted by Gasteiger charge is -2.19. The lowest BCUT2D eigenvalue weighted by Crippen LogP contribution is -2.05. The Hall–Kier alpha value is -3.63. The predicted octanol–water partition coefficient (Wildman–Crippen LogP) is 10.7. The van der Waals surface area contributed by atoms with E-state index in [9.17, 15) is 0 Å². The van der Waals surface area contributed by atoms with Gasteiger partial charge < -0.3 is 9.47 Å². The largest absolute Gasteiger partial charge is 0.489 e. The minimum Gasteiger partial charge on any atom is -0.489 e. The molecular formula is C36H39ClN2O2. The third-order valence-electron chi connectivity index (χ3n) is 7.46. The van der Waals surface area contributed by atoms with Gasteiger partial charge in [-0.2, -0.15) is 0 Å². The summed E-state index contributed by atoms with van der Waals surface area (Å²) in [5.74, 6) is 1.47. The standard InChI is InChI=1S/C36H39ClN2O2/c1-3-5-7-15-21-40-34-30-23-28(26-17-11-9-12-18-26)25-38-32(30)33-31(35(34)41-22-16-8-6-4-2)24-29(36(37)39-33)27-19-13-10-14-20-27/h9-14,17-20,23-25H,3-8,15-16,21-22H2,1-2H3. The first-order chi connectivity index (χ1) is 20.2. The van der Waals surface area contributed by atoms with Crippen LogP contribution in [0.1, 0.15) is 65.2 Å². The van der Waals surface area contributed by atoms with Crippen molar-refractivity contribution in [1.82, 2.24) is 9.97 Å². The molecule has 2 aromatic heterocycles. The summed E-state index contributed by atoms with van der Waals surface area (Å²) in [6.07, 6.45) is 10.9. The number of pyridine rings is 2. The van der Waals surface area contributed by atoms with Crippen LogP contribution in [0, 0.1) is 0 Å². The number of ether oxygens (including phenoxy) is 2. The second-order valence-electron chi connectivity index (χ2n) is 10.6. The van der Waals surface area contributed by atoms with Gasteiger partial charge >= 0.3 is 0 Å². The molecule has 2 heterocycles. The number of nitrogens with zero attached hydrogens (tertiary/aromatic N) is 2. The molecule has 5 aromatic rings. The summed E-state index contributed by atoms with van der Waals surface area (Å²) in [6, 6.07) is 24.7. The van der Waals surface area contributed by atoms with E-state index in [-0.39, 0.29) is 0 Å². The van der Waals surface area contributed by atoms with Gasteiger partial charge in [-0.05, 0) is 36.1 Å². The minimum atomic E-state index is 0.445. The van der Waals surface area contributed by atoms with E-state index in [1.54, 1.807) is 0 Å². The topological polar surface area (TPSA) is 44.2 Å². The zero-order chi connectivity index (χ0) is 28.4. The monoisotopic (exact) mass is 566 g/mol. The molecule has 0 saturated carbocycles. The molecule has 5 rings (SSSR count). The Labute approximate surface area is 248 Å². The van der Waals surface area contributed by atoms with Crippen molar-refractivity contribution in [3.63, 3.8) is 0 Å². The van der Waals surface area contributed by atoms with Crippen LogP contribution in [-0.2, 0) is 0 Å². The van der Waals surface area contributed by atoms with Crippen LogP contribution in [0.15, 0.2) is 79.0 Å². The van der Waals surface area contributed by atoms with Gasteiger partial charge in [-0.15, -0.1) is 0 Å². The lowest BCUT2D eigenvalue weighted by atomic mass is 10.0. The van der Waals surface area contributed by atoms with Crippen LogP contribution in [-0.4, -0.2) is 23.2 Å². The molecule has 0 atom stereocenters. The Balaban J connectivity index is 1.70. The summed E-state index contributed by atoms with van der Waals surface area (Å²) in [5.41, 5.74) is 5.49. The van der Waals surface area contributed by atoms with Crippen molar-refractivity contribution in [2.75, 3.05) is 13.2 Å². The zero-order valence-electron chi connectivity index (χ0n) is 24.2. The summed E-state index contributed by atoms with van der Waals surface area (Å²) in [6.45, 7) is 5.68. The Kier molecular flexibility index (Phi) is 10.1. The normalized spacial score (nSPS) is 11.3. The van der Waals surface area contributed by atoms with Gasteiger partial charge in [-0.1, -0.05) is 125 Å². The van der Waals surface area contributed by atoms with Gasteiger partial charge in [-0.3, -0.25) is 4.98 Å². The molecule has 0 bridgehead atoms. The van der Waals surface area contributed by atoms with Crippen LogP contribution in [0.3, 0.4) is 0 Å². The van der Waals surface area contributed by atoms with Crippen LogP contribution in [0.5, 0.6) is 11.5 Å². The van der Waals surface area contributed by atoms with Crippen LogP contribution in [0.4, 0.5) is 0 Å². The average molecular weight is 567 g/mol. The summed E-state index contributed by atoms with van der Waals surface area (Å²) >= 11 is 6.84. The maximum Gasteiger partial charge on any atom is 0.171 e. The average Bonchev–Trinajstić information content (AvgIpc) is 3.02. The fourth-order valence-electron chi connectivity index (χ4n) is 5.22. The third-order valence-corrected chi connectivity index (χ3v) is 7.75. The van der Waals surface area contributed by atoms with E-state index in [0.717, 1.165) is 81.2 Å². The van der Waals surface area contributed by atoms with Gasteiger partial charge in [0.1, 0.15) is 16.2 Å². The van der Waals surface area contributed by atoms with Crippen molar-refractivity contribution in [1.29, 1.82) is 0 Å². The van der Waals surface area contributed by atoms with E-state index >= 15 is 0 Å². The van der Waals surface area contributed by atoms with Gasteiger partial charge in [-0.25, -0.2) is 4.98 Å². The van der Waals surface area contributed by atoms with E-state index in [2.05, 4.69) is 50.2 Å². The van der Waals surface area contributed by atoms with Crippen molar-refractivity contribution < 1.29 is 9.47 Å². The molecule has 5 heteroatoms. The van der Waals surface area contributed by atoms with Crippen molar-refractivity contribution in [2.24, 2.45) is 0 Å². The maximum atomic E-state index is 6.84. The van der Waals surface area contributed by atoms with Crippen LogP contribution in [0.2, 0.25) is 5.15 Å². The van der Waals surface area contributed by atoms with Gasteiger partial charge in [0.25, 0.3) is 0 Å². The number of hydrogen-bond acceptors (Lipinski definition) is 4. The van der Waals surface area contributed by atoms with Crippen molar-refractivity contribution in [3.05, 3.63) is 84.1 Å². The quantitative estimate of drug-likeness (QED) is 0.0761. The SMILES string of the molecule is CCCCCCOc1c(OCCCCCC)c2cc(-c3ccccc3)c(Cl)nc2c2ncc(-c3ccccc3)cc12. The second-order valence-corrected chi connectivity index (χ2v) is 10.9. The molecule has 0 aliphatic heterocycles. The molecule has 0 fully saturated rings. The Morgan fingerprint density at radius 3 is 1.76 bits per heavy atom. The lowest BCUT2D eigenvalue weighted by molar-refractivity contribution is 0.264. The van der Waals surface area contributed by atoms with Crippen molar-refractivity contribution in [3.8, 4) is 33.8 Å². The molecule has 0 saturated heterocycles. The summed E-state index contributed by atoms with van der Waals surface area (Å²) in [4.78, 5) is 9.88. The Bertz CT molecular complexity index is 1570. The van der Waals surface area contributed by atoms with Crippen LogP contribution in [0.25, 0.3) is 44.1 Å². The first-order valence-electron chi connectivity index (χ1n) is 15.0. The molecule has 0 unspecified atom stereocenters. The fraction of sp³-hybridized carbons (Fsp3) is 0.333. The number of benzene rings is 3. The molecular weight excluding hydrogens is 528 g/mol. The first kappa shape index (κ1) is 28.9. The maximum absolute atomic E-state index is 6.84. The zero-order valence-corrected chi connectivity index (χ0v) is 24.9. The van der Waals surface area contributed by atoms with Crippen molar-refractivity contribution in [2.45, 2.75) is 65.2 Å². The molecule has 0 N–H and O–H groups in total. The van der Waals surface area contributed by atoms with E-state index in [1.165, 1.54) is 25.7 Å². The van der Waals surface area contributed by atoms with Crippen LogP contribution < -0.4 is 9.47 Å². The van der Waals surface area contributed by atoms with E-state index < -0.39 is 0 Å². The van der Waals surface area contributed by atoms with Gasteiger partial charge in [0.05, 0.1) is 13.2 Å². The first-order valence-corrected chi connectivity index (χ1v) is 15.4. The van der Waals surface area contributed by atoms with Gasteiger partial charge in [0, 0.05) is 28.1 Å². The highest BCUT2D eigenvalue weighted by molar-refractivity contribution is 6.33. The molecule has 212 valence electrons. The number of hydrogen-bond donors (Lipinski definition) is 0. The molecule has 3 aromatic carbocycles. The third kappa shape index (κ3) is 6.82. The molecule has 41 heavy (non-hydrogen) atoms. The molecule has 0 amide bonds. The number of unbranched alkanes of at least 4 members (excludes halogenated alkanes) is 6. The molecule has 0 spiro atoms.